The highest BCUT2D eigenvalue weighted by Gasteiger charge is 2.05. The number of fused-ring (bicyclic) bond motifs is 1. The van der Waals surface area contributed by atoms with E-state index in [0.717, 1.165) is 40.9 Å². The molecule has 120 valence electrons. The van der Waals surface area contributed by atoms with Crippen LogP contribution in [-0.4, -0.2) is 32.3 Å². The van der Waals surface area contributed by atoms with Gasteiger partial charge in [0.05, 0.1) is 11.8 Å². The first-order valence-electron chi connectivity index (χ1n) is 7.60. The van der Waals surface area contributed by atoms with Crippen LogP contribution >= 0.6 is 0 Å². The molecule has 0 atom stereocenters. The van der Waals surface area contributed by atoms with E-state index < -0.39 is 0 Å². The summed E-state index contributed by atoms with van der Waals surface area (Å²) in [5.41, 5.74) is 3.71. The van der Waals surface area contributed by atoms with E-state index in [4.69, 9.17) is 0 Å². The minimum absolute atomic E-state index is 0.209. The zero-order chi connectivity index (χ0) is 16.2. The number of nitrogens with zero attached hydrogens (tertiary/aromatic N) is 3. The predicted molar refractivity (Wildman–Crippen MR) is 89.4 cm³/mol. The number of anilines is 1. The second-order valence-electron chi connectivity index (χ2n) is 5.54. The average molecular weight is 312 g/mol. The van der Waals surface area contributed by atoms with Gasteiger partial charge in [-0.15, -0.1) is 0 Å². The van der Waals surface area contributed by atoms with Crippen LogP contribution in [0.3, 0.4) is 0 Å². The van der Waals surface area contributed by atoms with Crippen molar-refractivity contribution in [1.29, 1.82) is 0 Å². The van der Waals surface area contributed by atoms with Crippen LogP contribution < -0.4 is 10.6 Å². The summed E-state index contributed by atoms with van der Waals surface area (Å²) < 4.78 is 2.06. The molecule has 0 unspecified atom stereocenters. The smallest absolute Gasteiger partial charge is 0.319 e. The van der Waals surface area contributed by atoms with E-state index in [0.29, 0.717) is 6.54 Å². The van der Waals surface area contributed by atoms with E-state index in [1.807, 2.05) is 38.2 Å². The summed E-state index contributed by atoms with van der Waals surface area (Å²) in [7, 11) is 0. The van der Waals surface area contributed by atoms with Gasteiger partial charge in [-0.25, -0.2) is 9.78 Å². The third-order valence-corrected chi connectivity index (χ3v) is 3.79. The summed E-state index contributed by atoms with van der Waals surface area (Å²) in [5, 5.41) is 13.9. The number of aromatic amines is 1. The van der Waals surface area contributed by atoms with Gasteiger partial charge in [0.1, 0.15) is 0 Å². The van der Waals surface area contributed by atoms with E-state index in [1.54, 1.807) is 6.33 Å². The fourth-order valence-corrected chi connectivity index (χ4v) is 2.47. The quantitative estimate of drug-likeness (QED) is 0.633. The van der Waals surface area contributed by atoms with Crippen LogP contribution in [0.1, 0.15) is 17.8 Å². The third-order valence-electron chi connectivity index (χ3n) is 3.79. The number of H-pyrrole nitrogens is 1. The number of imidazole rings is 1. The highest BCUT2D eigenvalue weighted by Crippen LogP contribution is 2.19. The Morgan fingerprint density at radius 2 is 2.22 bits per heavy atom. The van der Waals surface area contributed by atoms with Crippen molar-refractivity contribution in [3.05, 3.63) is 42.1 Å². The molecule has 0 radical (unpaired) electrons. The standard InChI is InChI=1S/C16H20N6O/c1-11-9-17-10-22(11)7-3-6-18-16(23)19-13-4-5-14-12(2)20-21-15(14)8-13/h4-5,8-10H,3,6-7H2,1-2H3,(H,20,21)(H2,18,19,23). The average Bonchev–Trinajstić information content (AvgIpc) is 3.10. The maximum absolute atomic E-state index is 11.9. The lowest BCUT2D eigenvalue weighted by Crippen LogP contribution is -2.30. The Balaban J connectivity index is 1.47. The summed E-state index contributed by atoms with van der Waals surface area (Å²) in [6, 6.07) is 5.47. The number of hydrogen-bond donors (Lipinski definition) is 3. The molecule has 0 fully saturated rings. The molecule has 0 aliphatic heterocycles. The number of carbonyl (C=O) groups is 1. The fraction of sp³-hybridized carbons (Fsp3) is 0.312. The number of aryl methyl sites for hydroxylation is 3. The van der Waals surface area contributed by atoms with Gasteiger partial charge in [0, 0.05) is 41.7 Å². The number of hydrogen-bond acceptors (Lipinski definition) is 3. The van der Waals surface area contributed by atoms with Gasteiger partial charge in [0.15, 0.2) is 0 Å². The molecule has 7 nitrogen and oxygen atoms in total. The van der Waals surface area contributed by atoms with Crippen LogP contribution in [0.15, 0.2) is 30.7 Å². The second-order valence-corrected chi connectivity index (χ2v) is 5.54. The molecule has 7 heteroatoms. The first-order valence-corrected chi connectivity index (χ1v) is 7.60. The van der Waals surface area contributed by atoms with E-state index in [2.05, 4.69) is 30.4 Å². The lowest BCUT2D eigenvalue weighted by Gasteiger charge is -2.08. The van der Waals surface area contributed by atoms with Crippen molar-refractivity contribution in [2.45, 2.75) is 26.8 Å². The Kier molecular flexibility index (Phi) is 4.27. The number of aromatic nitrogens is 4. The molecule has 0 aliphatic rings. The molecule has 3 aromatic rings. The van der Waals surface area contributed by atoms with Gasteiger partial charge in [-0.1, -0.05) is 0 Å². The van der Waals surface area contributed by atoms with Gasteiger partial charge in [0.2, 0.25) is 0 Å². The lowest BCUT2D eigenvalue weighted by molar-refractivity contribution is 0.252. The number of urea groups is 1. The van der Waals surface area contributed by atoms with Gasteiger partial charge >= 0.3 is 6.03 Å². The maximum Gasteiger partial charge on any atom is 0.319 e. The Morgan fingerprint density at radius 3 is 3.00 bits per heavy atom. The Bertz CT molecular complexity index is 819. The predicted octanol–water partition coefficient (Wildman–Crippen LogP) is 2.59. The van der Waals surface area contributed by atoms with E-state index in [1.165, 1.54) is 0 Å². The summed E-state index contributed by atoms with van der Waals surface area (Å²) in [4.78, 5) is 16.0. The van der Waals surface area contributed by atoms with Crippen molar-refractivity contribution < 1.29 is 4.79 Å². The van der Waals surface area contributed by atoms with Crippen molar-refractivity contribution >= 4 is 22.6 Å². The SMILES string of the molecule is Cc1[nH]nc2cc(NC(=O)NCCCn3cncc3C)ccc12. The molecule has 0 bridgehead atoms. The Hall–Kier alpha value is -2.83. The van der Waals surface area contributed by atoms with Crippen molar-refractivity contribution in [3.8, 4) is 0 Å². The van der Waals surface area contributed by atoms with Gasteiger partial charge in [-0.05, 0) is 38.5 Å². The first-order chi connectivity index (χ1) is 11.1. The largest absolute Gasteiger partial charge is 0.338 e. The highest BCUT2D eigenvalue weighted by molar-refractivity contribution is 5.92. The second kappa shape index (κ2) is 6.51. The molecular formula is C16H20N6O. The molecule has 2 amide bonds. The number of rotatable bonds is 5. The molecule has 3 rings (SSSR count). The number of carbonyl (C=O) groups excluding carboxylic acids is 1. The zero-order valence-electron chi connectivity index (χ0n) is 13.3. The number of benzene rings is 1. The normalized spacial score (nSPS) is 10.9. The first kappa shape index (κ1) is 15.1. The van der Waals surface area contributed by atoms with Crippen LogP contribution in [0.5, 0.6) is 0 Å². The van der Waals surface area contributed by atoms with Gasteiger partial charge in [0.25, 0.3) is 0 Å². The van der Waals surface area contributed by atoms with E-state index in [9.17, 15) is 4.79 Å². The van der Waals surface area contributed by atoms with Crippen molar-refractivity contribution in [2.75, 3.05) is 11.9 Å². The highest BCUT2D eigenvalue weighted by atomic mass is 16.2. The Morgan fingerprint density at radius 1 is 1.35 bits per heavy atom. The number of nitrogens with one attached hydrogen (secondary N) is 3. The van der Waals surface area contributed by atoms with Crippen LogP contribution in [-0.2, 0) is 6.54 Å². The molecule has 2 heterocycles. The van der Waals surface area contributed by atoms with Crippen molar-refractivity contribution in [1.82, 2.24) is 25.1 Å². The molecule has 0 saturated heterocycles. The molecule has 3 N–H and O–H groups in total. The summed E-state index contributed by atoms with van der Waals surface area (Å²) in [6.07, 6.45) is 4.48. The van der Waals surface area contributed by atoms with Crippen molar-refractivity contribution in [2.24, 2.45) is 0 Å². The summed E-state index contributed by atoms with van der Waals surface area (Å²) >= 11 is 0. The van der Waals surface area contributed by atoms with E-state index in [-0.39, 0.29) is 6.03 Å². The van der Waals surface area contributed by atoms with Crippen LogP contribution in [0.2, 0.25) is 0 Å². The van der Waals surface area contributed by atoms with Gasteiger partial charge in [-0.2, -0.15) is 5.10 Å². The summed E-state index contributed by atoms with van der Waals surface area (Å²) in [5.74, 6) is 0. The van der Waals surface area contributed by atoms with Crippen molar-refractivity contribution in [3.63, 3.8) is 0 Å². The Labute approximate surface area is 134 Å². The fourth-order valence-electron chi connectivity index (χ4n) is 2.47. The topological polar surface area (TPSA) is 87.6 Å². The molecule has 2 aromatic heterocycles. The van der Waals surface area contributed by atoms with Gasteiger partial charge in [-0.3, -0.25) is 5.10 Å². The maximum atomic E-state index is 11.9. The molecule has 0 spiro atoms. The summed E-state index contributed by atoms with van der Waals surface area (Å²) in [6.45, 7) is 5.43. The van der Waals surface area contributed by atoms with Crippen LogP contribution in [0, 0.1) is 13.8 Å². The monoisotopic (exact) mass is 312 g/mol. The minimum Gasteiger partial charge on any atom is -0.338 e. The molecule has 0 saturated carbocycles. The molecule has 23 heavy (non-hydrogen) atoms. The minimum atomic E-state index is -0.209. The van der Waals surface area contributed by atoms with E-state index >= 15 is 0 Å². The lowest BCUT2D eigenvalue weighted by atomic mass is 10.2. The van der Waals surface area contributed by atoms with Crippen LogP contribution in [0.25, 0.3) is 10.9 Å². The number of amides is 2. The molecule has 0 aliphatic carbocycles. The van der Waals surface area contributed by atoms with Gasteiger partial charge < -0.3 is 15.2 Å². The zero-order valence-corrected chi connectivity index (χ0v) is 13.3. The third kappa shape index (κ3) is 3.50. The molecular weight excluding hydrogens is 292 g/mol. The van der Waals surface area contributed by atoms with Crippen LogP contribution in [0.4, 0.5) is 10.5 Å². The molecule has 1 aromatic carbocycles.